The number of hydrogen-bond acceptors (Lipinski definition) is 1. The number of hydrogen-bond donors (Lipinski definition) is 0. The van der Waals surface area contributed by atoms with Gasteiger partial charge in [-0.1, -0.05) is 60.7 Å². The van der Waals surface area contributed by atoms with Crippen molar-refractivity contribution in [3.63, 3.8) is 0 Å². The van der Waals surface area contributed by atoms with E-state index in [1.165, 1.54) is 136 Å². The Morgan fingerprint density at radius 2 is 0.615 bits per heavy atom. The summed E-state index contributed by atoms with van der Waals surface area (Å²) < 4.78 is 89.2. The molecule has 0 aromatic heterocycles. The van der Waals surface area contributed by atoms with Gasteiger partial charge in [-0.15, -0.1) is 0 Å². The van der Waals surface area contributed by atoms with Gasteiger partial charge in [-0.2, -0.15) is 0 Å². The van der Waals surface area contributed by atoms with Gasteiger partial charge < -0.3 is 4.57 Å². The Labute approximate surface area is 303 Å². The van der Waals surface area contributed by atoms with Crippen LogP contribution in [-0.2, 0) is 4.57 Å². The second-order valence-corrected chi connectivity index (χ2v) is 16.7. The maximum atomic E-state index is 12.9. The molecule has 14 heteroatoms. The molecule has 0 saturated carbocycles. The molecule has 0 aliphatic rings. The second kappa shape index (κ2) is 16.2. The van der Waals surface area contributed by atoms with Gasteiger partial charge in [0.05, 0.1) is 21.4 Å². The third-order valence-corrected chi connectivity index (χ3v) is 13.1. The minimum atomic E-state index is -2.40. The molecule has 0 heterocycles. The van der Waals surface area contributed by atoms with Gasteiger partial charge in [-0.05, 0) is 142 Å². The van der Waals surface area contributed by atoms with Crippen molar-refractivity contribution in [3.8, 4) is 0 Å². The molecule has 0 saturated heterocycles. The Kier molecular flexibility index (Phi) is 15.1. The summed E-state index contributed by atoms with van der Waals surface area (Å²) in [7, 11) is -2.40. The molecule has 4 aromatic carbocycles. The van der Waals surface area contributed by atoms with Crippen LogP contribution < -0.4 is 10.6 Å². The molecule has 0 fully saturated rings. The molecule has 0 unspecified atom stereocenters. The molecule has 0 radical (unpaired) electrons. The topological polar surface area (TPSA) is 17.1 Å². The first-order valence-corrected chi connectivity index (χ1v) is 18.8. The Hall–Kier alpha value is 1.07. The van der Waals surface area contributed by atoms with Crippen molar-refractivity contribution in [2.45, 2.75) is 0 Å². The Morgan fingerprint density at radius 3 is 0.795 bits per heavy atom. The second-order valence-electron chi connectivity index (χ2n) is 7.36. The highest BCUT2D eigenvalue weighted by Crippen LogP contribution is 2.38. The van der Waals surface area contributed by atoms with Gasteiger partial charge in [0.15, 0.2) is 34.9 Å². The predicted octanol–water partition coefficient (Wildman–Crippen LogP) is 10.5. The van der Waals surface area contributed by atoms with E-state index in [-0.39, 0.29) is 21.4 Å². The lowest BCUT2D eigenvalue weighted by molar-refractivity contribution is 0.514. The van der Waals surface area contributed by atoms with Crippen molar-refractivity contribution in [2.24, 2.45) is 0 Å². The van der Waals surface area contributed by atoms with E-state index in [0.717, 1.165) is 10.6 Å². The first kappa shape index (κ1) is 36.3. The van der Waals surface area contributed by atoms with Crippen molar-refractivity contribution < 1.29 is 30.9 Å². The van der Waals surface area contributed by atoms with Crippen LogP contribution in [0, 0.1) is 56.3 Å². The highest BCUT2D eigenvalue weighted by Gasteiger charge is 2.21. The molecule has 0 N–H and O–H groups in total. The summed E-state index contributed by atoms with van der Waals surface area (Å²) in [4.78, 5) is 0. The Bertz CT molecular complexity index is 1200. The van der Waals surface area contributed by atoms with Crippen molar-refractivity contribution in [2.75, 3.05) is 6.66 Å². The zero-order chi connectivity index (χ0) is 29.7. The van der Waals surface area contributed by atoms with Crippen LogP contribution in [0.15, 0.2) is 60.7 Å². The quantitative estimate of drug-likeness (QED) is 0.0643. The average Bonchev–Trinajstić information content (AvgIpc) is 2.96. The summed E-state index contributed by atoms with van der Waals surface area (Å²) in [6.07, 6.45) is 0. The van der Waals surface area contributed by atoms with Crippen LogP contribution in [0.3, 0.4) is 0 Å². The highest BCUT2D eigenvalue weighted by molar-refractivity contribution is 14.1. The third kappa shape index (κ3) is 9.04. The zero-order valence-corrected chi connectivity index (χ0v) is 33.0. The van der Waals surface area contributed by atoms with Gasteiger partial charge in [-0.3, -0.25) is 0 Å². The van der Waals surface area contributed by atoms with Crippen LogP contribution >= 0.6 is 143 Å². The Morgan fingerprint density at radius 1 is 0.436 bits per heavy atom. The van der Waals surface area contributed by atoms with E-state index in [1.54, 1.807) is 0 Å². The molecule has 0 bridgehead atoms. The lowest BCUT2D eigenvalue weighted by Crippen LogP contribution is -2.14. The summed E-state index contributed by atoms with van der Waals surface area (Å²) in [5, 5.41) is 1.83. The van der Waals surface area contributed by atoms with Gasteiger partial charge in [0.2, 0.25) is 0 Å². The first-order valence-electron chi connectivity index (χ1n) is 10.2. The zero-order valence-electron chi connectivity index (χ0n) is 19.2. The molecule has 1 nitrogen and oxygen atoms in total. The summed E-state index contributed by atoms with van der Waals surface area (Å²) in [5.41, 5.74) is 0. The van der Waals surface area contributed by atoms with E-state index in [0.29, 0.717) is 0 Å². The molecule has 0 spiro atoms. The maximum Gasteiger partial charge on any atom is 0.155 e. The van der Waals surface area contributed by atoms with E-state index < -0.39 is 42.0 Å². The van der Waals surface area contributed by atoms with Crippen molar-refractivity contribution in [1.82, 2.24) is 0 Å². The van der Waals surface area contributed by atoms with Crippen molar-refractivity contribution in [1.29, 1.82) is 0 Å². The van der Waals surface area contributed by atoms with E-state index in [1.807, 2.05) is 67.3 Å². The highest BCUT2D eigenvalue weighted by atomic mass is 127. The van der Waals surface area contributed by atoms with E-state index >= 15 is 0 Å². The van der Waals surface area contributed by atoms with E-state index in [9.17, 15) is 30.9 Å². The monoisotopic (exact) mass is 1240 g/mol. The minimum absolute atomic E-state index is 0.164. The van der Waals surface area contributed by atoms with E-state index in [2.05, 4.69) is 0 Å². The van der Waals surface area contributed by atoms with Crippen molar-refractivity contribution in [3.05, 3.63) is 117 Å². The molecule has 39 heavy (non-hydrogen) atoms. The van der Waals surface area contributed by atoms with Crippen LogP contribution in [0.25, 0.3) is 0 Å². The average molecular weight is 1240 g/mol. The van der Waals surface area contributed by atoms with Crippen LogP contribution in [0.1, 0.15) is 0 Å². The SMILES string of the molecule is CP(=O)(c1ccccc1)c1ccccc1.Fc1c(I)c(F)c(I)c(F)c1I.Fc1c(I)c(F)c(I)c(F)c1I. The number of halogens is 12. The third-order valence-electron chi connectivity index (χ3n) is 4.81. The Balaban J connectivity index is 0.000000207. The maximum absolute atomic E-state index is 12.9. The lowest BCUT2D eigenvalue weighted by Gasteiger charge is -2.13. The molecular weight excluding hydrogens is 1220 g/mol. The number of rotatable bonds is 2. The fourth-order valence-corrected chi connectivity index (χ4v) is 10.8. The van der Waals surface area contributed by atoms with Gasteiger partial charge in [-0.25, -0.2) is 26.3 Å². The fraction of sp³-hybridized carbons (Fsp3) is 0.0400. The van der Waals surface area contributed by atoms with Crippen molar-refractivity contribution >= 4 is 153 Å². The van der Waals surface area contributed by atoms with Crippen LogP contribution in [0.2, 0.25) is 0 Å². The number of benzene rings is 4. The molecular formula is C25H13F6I6OP. The predicted molar refractivity (Wildman–Crippen MR) is 195 cm³/mol. The molecule has 0 aliphatic carbocycles. The molecule has 4 aromatic rings. The van der Waals surface area contributed by atoms with Gasteiger partial charge in [0.1, 0.15) is 7.14 Å². The van der Waals surface area contributed by atoms with Gasteiger partial charge >= 0.3 is 0 Å². The molecule has 0 aliphatic heterocycles. The summed E-state index contributed by atoms with van der Waals surface area (Å²) in [5.74, 6) is -4.96. The molecule has 0 atom stereocenters. The molecule has 208 valence electrons. The normalized spacial score (nSPS) is 10.8. The van der Waals surface area contributed by atoms with Gasteiger partial charge in [0.25, 0.3) is 0 Å². The minimum Gasteiger partial charge on any atom is -0.314 e. The van der Waals surface area contributed by atoms with Crippen LogP contribution in [-0.4, -0.2) is 6.66 Å². The van der Waals surface area contributed by atoms with Gasteiger partial charge in [0, 0.05) is 10.6 Å². The summed E-state index contributed by atoms with van der Waals surface area (Å²) >= 11 is 9.06. The fourth-order valence-electron chi connectivity index (χ4n) is 2.73. The largest absolute Gasteiger partial charge is 0.314 e. The molecule has 0 amide bonds. The first-order chi connectivity index (χ1) is 18.1. The van der Waals surface area contributed by atoms with E-state index in [4.69, 9.17) is 0 Å². The summed E-state index contributed by atoms with van der Waals surface area (Å²) in [6, 6.07) is 19.3. The smallest absolute Gasteiger partial charge is 0.155 e. The lowest BCUT2D eigenvalue weighted by atomic mass is 10.3. The summed E-state index contributed by atoms with van der Waals surface area (Å²) in [6.45, 7) is 1.82. The van der Waals surface area contributed by atoms with Crippen LogP contribution in [0.4, 0.5) is 26.3 Å². The molecule has 4 rings (SSSR count). The standard InChI is InChI=1S/C13H13OP.2C6F3I3/c1-15(14,12-8-4-2-5-9-12)13-10-6-3-7-11-13;2*7-1-4(10)2(8)6(12)3(9)5(1)11/h2-11H,1H3;;. The van der Waals surface area contributed by atoms with Crippen LogP contribution in [0.5, 0.6) is 0 Å².